The number of carbonyl (C=O) groups is 1. The van der Waals surface area contributed by atoms with Crippen molar-refractivity contribution < 1.29 is 14.3 Å². The summed E-state index contributed by atoms with van der Waals surface area (Å²) in [6.45, 7) is 11.3. The van der Waals surface area contributed by atoms with Gasteiger partial charge in [-0.15, -0.1) is 0 Å². The van der Waals surface area contributed by atoms with Crippen LogP contribution in [0.3, 0.4) is 0 Å². The molecule has 0 saturated carbocycles. The highest BCUT2D eigenvalue weighted by molar-refractivity contribution is 6.05. The number of benzene rings is 2. The second-order valence-electron chi connectivity index (χ2n) is 6.78. The molecule has 0 aromatic heterocycles. The number of hydrogen-bond acceptors (Lipinski definition) is 3. The van der Waals surface area contributed by atoms with Crippen LogP contribution < -0.4 is 14.8 Å². The standard InChI is InChI=1S/C21H27NO3/c1-6-24-18-13-12-15(14-19(18)25-7-2)20(23)22-17-11-9-8-10-16(17)21(3,4)5/h8-14H,6-7H2,1-5H3,(H,22,23). The molecule has 4 nitrogen and oxygen atoms in total. The van der Waals surface area contributed by atoms with E-state index in [1.165, 1.54) is 0 Å². The Morgan fingerprint density at radius 3 is 2.24 bits per heavy atom. The van der Waals surface area contributed by atoms with Crippen LogP contribution in [0, 0.1) is 0 Å². The van der Waals surface area contributed by atoms with Gasteiger partial charge in [0.2, 0.25) is 0 Å². The van der Waals surface area contributed by atoms with Crippen molar-refractivity contribution >= 4 is 11.6 Å². The lowest BCUT2D eigenvalue weighted by atomic mass is 9.86. The molecule has 2 aromatic rings. The van der Waals surface area contributed by atoms with E-state index in [1.54, 1.807) is 18.2 Å². The zero-order valence-corrected chi connectivity index (χ0v) is 15.7. The Morgan fingerprint density at radius 1 is 0.960 bits per heavy atom. The van der Waals surface area contributed by atoms with E-state index in [-0.39, 0.29) is 11.3 Å². The third-order valence-corrected chi connectivity index (χ3v) is 3.79. The van der Waals surface area contributed by atoms with E-state index < -0.39 is 0 Å². The number of anilines is 1. The predicted octanol–water partition coefficient (Wildman–Crippen LogP) is 5.03. The highest BCUT2D eigenvalue weighted by Crippen LogP contribution is 2.31. The lowest BCUT2D eigenvalue weighted by Crippen LogP contribution is -2.18. The van der Waals surface area contributed by atoms with Gasteiger partial charge in [0.05, 0.1) is 13.2 Å². The highest BCUT2D eigenvalue weighted by Gasteiger charge is 2.19. The van der Waals surface area contributed by atoms with E-state index in [2.05, 4.69) is 26.1 Å². The third kappa shape index (κ3) is 4.75. The van der Waals surface area contributed by atoms with Gasteiger partial charge in [-0.3, -0.25) is 4.79 Å². The van der Waals surface area contributed by atoms with Gasteiger partial charge in [0.15, 0.2) is 11.5 Å². The van der Waals surface area contributed by atoms with Crippen LogP contribution in [0.4, 0.5) is 5.69 Å². The summed E-state index contributed by atoms with van der Waals surface area (Å²) < 4.78 is 11.2. The fourth-order valence-corrected chi connectivity index (χ4v) is 2.63. The van der Waals surface area contributed by atoms with Crippen molar-refractivity contribution in [2.75, 3.05) is 18.5 Å². The highest BCUT2D eigenvalue weighted by atomic mass is 16.5. The first kappa shape index (κ1) is 18.8. The first-order valence-electron chi connectivity index (χ1n) is 8.67. The van der Waals surface area contributed by atoms with Crippen molar-refractivity contribution in [3.05, 3.63) is 53.6 Å². The molecule has 0 aliphatic heterocycles. The van der Waals surface area contributed by atoms with Gasteiger partial charge in [0, 0.05) is 11.3 Å². The fraction of sp³-hybridized carbons (Fsp3) is 0.381. The third-order valence-electron chi connectivity index (χ3n) is 3.79. The van der Waals surface area contributed by atoms with Crippen molar-refractivity contribution in [1.82, 2.24) is 0 Å². The summed E-state index contributed by atoms with van der Waals surface area (Å²) in [6, 6.07) is 13.1. The Morgan fingerprint density at radius 2 is 1.60 bits per heavy atom. The first-order chi connectivity index (χ1) is 11.9. The van der Waals surface area contributed by atoms with Crippen LogP contribution in [0.2, 0.25) is 0 Å². The lowest BCUT2D eigenvalue weighted by molar-refractivity contribution is 0.102. The molecule has 0 heterocycles. The lowest BCUT2D eigenvalue weighted by Gasteiger charge is -2.23. The molecule has 1 N–H and O–H groups in total. The number of rotatable bonds is 6. The molecule has 0 unspecified atom stereocenters. The summed E-state index contributed by atoms with van der Waals surface area (Å²) >= 11 is 0. The molecule has 0 spiro atoms. The molecule has 0 fully saturated rings. The molecule has 4 heteroatoms. The largest absolute Gasteiger partial charge is 0.490 e. The molecule has 0 aliphatic carbocycles. The molecular weight excluding hydrogens is 314 g/mol. The Labute approximate surface area is 150 Å². The zero-order chi connectivity index (χ0) is 18.4. The summed E-state index contributed by atoms with van der Waals surface area (Å²) in [6.07, 6.45) is 0. The number of nitrogens with one attached hydrogen (secondary N) is 1. The van der Waals surface area contributed by atoms with Crippen LogP contribution in [0.1, 0.15) is 50.5 Å². The van der Waals surface area contributed by atoms with Crippen molar-refractivity contribution in [1.29, 1.82) is 0 Å². The maximum absolute atomic E-state index is 12.7. The molecule has 0 aliphatic rings. The van der Waals surface area contributed by atoms with E-state index >= 15 is 0 Å². The normalized spacial score (nSPS) is 11.1. The molecule has 134 valence electrons. The Hall–Kier alpha value is -2.49. The van der Waals surface area contributed by atoms with Gasteiger partial charge in [-0.25, -0.2) is 0 Å². The maximum Gasteiger partial charge on any atom is 0.255 e. The second kappa shape index (κ2) is 8.06. The van der Waals surface area contributed by atoms with Gasteiger partial charge in [0.1, 0.15) is 0 Å². The van der Waals surface area contributed by atoms with E-state index in [9.17, 15) is 4.79 Å². The van der Waals surface area contributed by atoms with Gasteiger partial charge in [-0.05, 0) is 49.1 Å². The molecule has 2 aromatic carbocycles. The minimum atomic E-state index is -0.166. The van der Waals surface area contributed by atoms with E-state index in [0.29, 0.717) is 30.3 Å². The van der Waals surface area contributed by atoms with Crippen molar-refractivity contribution in [3.8, 4) is 11.5 Å². The number of para-hydroxylation sites is 1. The second-order valence-corrected chi connectivity index (χ2v) is 6.78. The van der Waals surface area contributed by atoms with Gasteiger partial charge in [0.25, 0.3) is 5.91 Å². The molecule has 0 saturated heterocycles. The molecule has 0 bridgehead atoms. The van der Waals surface area contributed by atoms with Gasteiger partial charge in [-0.1, -0.05) is 39.0 Å². The SMILES string of the molecule is CCOc1ccc(C(=O)Nc2ccccc2C(C)(C)C)cc1OCC. The molecule has 1 amide bonds. The monoisotopic (exact) mass is 341 g/mol. The van der Waals surface area contributed by atoms with E-state index in [0.717, 1.165) is 11.3 Å². The summed E-state index contributed by atoms with van der Waals surface area (Å²) in [7, 11) is 0. The summed E-state index contributed by atoms with van der Waals surface area (Å²) in [4.78, 5) is 12.7. The molecule has 0 radical (unpaired) electrons. The number of hydrogen-bond donors (Lipinski definition) is 1. The number of carbonyl (C=O) groups excluding carboxylic acids is 1. The molecular formula is C21H27NO3. The average molecular weight is 341 g/mol. The fourth-order valence-electron chi connectivity index (χ4n) is 2.63. The van der Waals surface area contributed by atoms with Gasteiger partial charge < -0.3 is 14.8 Å². The zero-order valence-electron chi connectivity index (χ0n) is 15.7. The topological polar surface area (TPSA) is 47.6 Å². The number of ether oxygens (including phenoxy) is 2. The van der Waals surface area contributed by atoms with Crippen LogP contribution in [-0.4, -0.2) is 19.1 Å². The van der Waals surface area contributed by atoms with Crippen LogP contribution >= 0.6 is 0 Å². The summed E-state index contributed by atoms with van der Waals surface area (Å²) in [5.41, 5.74) is 2.40. The van der Waals surface area contributed by atoms with Crippen molar-refractivity contribution in [2.45, 2.75) is 40.0 Å². The Bertz CT molecular complexity index is 732. The maximum atomic E-state index is 12.7. The van der Waals surface area contributed by atoms with Crippen LogP contribution in [0.15, 0.2) is 42.5 Å². The van der Waals surface area contributed by atoms with Crippen LogP contribution in [0.5, 0.6) is 11.5 Å². The van der Waals surface area contributed by atoms with Crippen LogP contribution in [0.25, 0.3) is 0 Å². The van der Waals surface area contributed by atoms with E-state index in [4.69, 9.17) is 9.47 Å². The number of amides is 1. The van der Waals surface area contributed by atoms with Gasteiger partial charge in [-0.2, -0.15) is 0 Å². The quantitative estimate of drug-likeness (QED) is 0.801. The van der Waals surface area contributed by atoms with Gasteiger partial charge >= 0.3 is 0 Å². The predicted molar refractivity (Wildman–Crippen MR) is 102 cm³/mol. The van der Waals surface area contributed by atoms with Crippen LogP contribution in [-0.2, 0) is 5.41 Å². The smallest absolute Gasteiger partial charge is 0.255 e. The molecule has 25 heavy (non-hydrogen) atoms. The molecule has 2 rings (SSSR count). The average Bonchev–Trinajstić information content (AvgIpc) is 2.56. The van der Waals surface area contributed by atoms with E-state index in [1.807, 2.05) is 38.1 Å². The minimum Gasteiger partial charge on any atom is -0.490 e. The molecule has 0 atom stereocenters. The summed E-state index contributed by atoms with van der Waals surface area (Å²) in [5, 5.41) is 3.02. The Kier molecular flexibility index (Phi) is 6.07. The Balaban J connectivity index is 2.29. The van der Waals surface area contributed by atoms with Crippen molar-refractivity contribution in [2.24, 2.45) is 0 Å². The van der Waals surface area contributed by atoms with Crippen molar-refractivity contribution in [3.63, 3.8) is 0 Å². The summed E-state index contributed by atoms with van der Waals surface area (Å²) in [5.74, 6) is 1.07. The minimum absolute atomic E-state index is 0.0564. The first-order valence-corrected chi connectivity index (χ1v) is 8.67.